The van der Waals surface area contributed by atoms with Crippen LogP contribution in [-0.2, 0) is 4.79 Å². The number of nitriles is 1. The SMILES string of the molecule is COc1ccc(N=C2C(=O)N(C3=CCC(C(=N)N(C)C)C=C3)CCC2=C(N)C#N)cc1. The van der Waals surface area contributed by atoms with Gasteiger partial charge in [-0.15, -0.1) is 0 Å². The van der Waals surface area contributed by atoms with Gasteiger partial charge in [-0.2, -0.15) is 5.26 Å². The first-order valence-electron chi connectivity index (χ1n) is 9.93. The van der Waals surface area contributed by atoms with Gasteiger partial charge in [0.2, 0.25) is 0 Å². The maximum absolute atomic E-state index is 13.4. The van der Waals surface area contributed by atoms with E-state index in [-0.39, 0.29) is 23.2 Å². The van der Waals surface area contributed by atoms with Crippen molar-refractivity contribution in [2.45, 2.75) is 12.8 Å². The molecule has 1 unspecified atom stereocenters. The normalized spacial score (nSPS) is 21.4. The number of nitrogens with two attached hydrogens (primary N) is 1. The topological polar surface area (TPSA) is 119 Å². The summed E-state index contributed by atoms with van der Waals surface area (Å²) in [5.74, 6) is 0.886. The highest BCUT2D eigenvalue weighted by atomic mass is 16.5. The number of amides is 1. The zero-order valence-corrected chi connectivity index (χ0v) is 17.9. The third kappa shape index (κ3) is 4.67. The van der Waals surface area contributed by atoms with Crippen molar-refractivity contribution in [1.29, 1.82) is 10.7 Å². The molecule has 1 aliphatic heterocycles. The predicted molar refractivity (Wildman–Crippen MR) is 120 cm³/mol. The summed E-state index contributed by atoms with van der Waals surface area (Å²) in [6.45, 7) is 0.407. The van der Waals surface area contributed by atoms with Crippen molar-refractivity contribution in [2.24, 2.45) is 16.6 Å². The van der Waals surface area contributed by atoms with Gasteiger partial charge in [-0.3, -0.25) is 10.2 Å². The fourth-order valence-corrected chi connectivity index (χ4v) is 3.52. The zero-order chi connectivity index (χ0) is 22.5. The summed E-state index contributed by atoms with van der Waals surface area (Å²) in [6, 6.07) is 8.95. The number of ether oxygens (including phenoxy) is 1. The minimum Gasteiger partial charge on any atom is -0.497 e. The van der Waals surface area contributed by atoms with E-state index in [4.69, 9.17) is 15.9 Å². The summed E-state index contributed by atoms with van der Waals surface area (Å²) >= 11 is 0. The lowest BCUT2D eigenvalue weighted by Gasteiger charge is -2.32. The van der Waals surface area contributed by atoms with E-state index in [2.05, 4.69) is 4.99 Å². The highest BCUT2D eigenvalue weighted by molar-refractivity contribution is 6.46. The maximum atomic E-state index is 13.4. The quantitative estimate of drug-likeness (QED) is 0.443. The Hall–Kier alpha value is -3.86. The van der Waals surface area contributed by atoms with E-state index in [0.29, 0.717) is 42.2 Å². The van der Waals surface area contributed by atoms with Crippen molar-refractivity contribution in [3.8, 4) is 11.8 Å². The number of piperidine rings is 1. The Morgan fingerprint density at radius 1 is 1.35 bits per heavy atom. The van der Waals surface area contributed by atoms with Crippen molar-refractivity contribution >= 4 is 23.1 Å². The number of hydrogen-bond donors (Lipinski definition) is 2. The number of carbonyl (C=O) groups excluding carboxylic acids is 1. The number of nitrogens with one attached hydrogen (secondary N) is 1. The van der Waals surface area contributed by atoms with Gasteiger partial charge in [0.15, 0.2) is 0 Å². The Morgan fingerprint density at radius 2 is 2.06 bits per heavy atom. The lowest BCUT2D eigenvalue weighted by Crippen LogP contribution is -2.43. The summed E-state index contributed by atoms with van der Waals surface area (Å²) in [7, 11) is 5.27. The van der Waals surface area contributed by atoms with Crippen LogP contribution in [0.3, 0.4) is 0 Å². The minimum absolute atomic E-state index is 0.00734. The van der Waals surface area contributed by atoms with Gasteiger partial charge in [-0.05, 0) is 43.2 Å². The van der Waals surface area contributed by atoms with Gasteiger partial charge in [-0.25, -0.2) is 4.99 Å². The van der Waals surface area contributed by atoms with Gasteiger partial charge in [0.1, 0.15) is 29.1 Å². The molecule has 0 spiro atoms. The zero-order valence-electron chi connectivity index (χ0n) is 17.9. The highest BCUT2D eigenvalue weighted by Gasteiger charge is 2.32. The summed E-state index contributed by atoms with van der Waals surface area (Å²) in [6.07, 6.45) is 6.86. The highest BCUT2D eigenvalue weighted by Crippen LogP contribution is 2.28. The number of nitrogens with zero attached hydrogens (tertiary/aromatic N) is 4. The number of rotatable bonds is 4. The van der Waals surface area contributed by atoms with E-state index in [0.717, 1.165) is 5.70 Å². The van der Waals surface area contributed by atoms with Crippen LogP contribution in [0.1, 0.15) is 12.8 Å². The fourth-order valence-electron chi connectivity index (χ4n) is 3.52. The molecule has 160 valence electrons. The van der Waals surface area contributed by atoms with E-state index in [9.17, 15) is 10.1 Å². The first-order valence-corrected chi connectivity index (χ1v) is 9.93. The molecule has 1 aliphatic carbocycles. The fraction of sp³-hybridized carbons (Fsp3) is 0.304. The standard InChI is InChI=1S/C23H26N6O2/c1-28(2)22(26)15-4-8-17(9-5-15)29-13-12-19(20(25)14-24)21(23(29)30)27-16-6-10-18(31-3)11-7-16/h4,6-11,15,26H,5,12-13,25H2,1-3H3. The van der Waals surface area contributed by atoms with Crippen molar-refractivity contribution in [3.63, 3.8) is 0 Å². The van der Waals surface area contributed by atoms with Gasteiger partial charge in [0.05, 0.1) is 12.8 Å². The number of allylic oxidation sites excluding steroid dienone is 3. The summed E-state index contributed by atoms with van der Waals surface area (Å²) in [5.41, 5.74) is 7.88. The van der Waals surface area contributed by atoms with Crippen LogP contribution in [0.25, 0.3) is 0 Å². The van der Waals surface area contributed by atoms with Gasteiger partial charge in [0.25, 0.3) is 5.91 Å². The van der Waals surface area contributed by atoms with Gasteiger partial charge < -0.3 is 20.3 Å². The number of amidine groups is 1. The van der Waals surface area contributed by atoms with Crippen molar-refractivity contribution < 1.29 is 9.53 Å². The summed E-state index contributed by atoms with van der Waals surface area (Å²) in [4.78, 5) is 21.3. The number of likely N-dealkylation sites (tertiary alicyclic amines) is 1. The molecule has 0 radical (unpaired) electrons. The first-order chi connectivity index (χ1) is 14.8. The molecular formula is C23H26N6O2. The van der Waals surface area contributed by atoms with Crippen LogP contribution in [-0.4, -0.2) is 55.0 Å². The smallest absolute Gasteiger partial charge is 0.277 e. The second-order valence-electron chi connectivity index (χ2n) is 7.48. The average Bonchev–Trinajstić information content (AvgIpc) is 2.80. The molecule has 3 rings (SSSR count). The second-order valence-corrected chi connectivity index (χ2v) is 7.48. The molecule has 1 atom stereocenters. The molecule has 1 aromatic rings. The van der Waals surface area contributed by atoms with Crippen LogP contribution < -0.4 is 10.5 Å². The Labute approximate surface area is 182 Å². The number of carbonyl (C=O) groups is 1. The monoisotopic (exact) mass is 418 g/mol. The number of aliphatic imine (C=N–C) groups is 1. The molecule has 0 saturated carbocycles. The molecule has 1 fully saturated rings. The van der Waals surface area contributed by atoms with Gasteiger partial charge >= 0.3 is 0 Å². The molecule has 8 nitrogen and oxygen atoms in total. The maximum Gasteiger partial charge on any atom is 0.277 e. The Morgan fingerprint density at radius 3 is 2.61 bits per heavy atom. The largest absolute Gasteiger partial charge is 0.497 e. The van der Waals surface area contributed by atoms with E-state index >= 15 is 0 Å². The van der Waals surface area contributed by atoms with E-state index in [1.54, 1.807) is 41.2 Å². The Bertz CT molecular complexity index is 1040. The van der Waals surface area contributed by atoms with Crippen LogP contribution in [0.2, 0.25) is 0 Å². The summed E-state index contributed by atoms with van der Waals surface area (Å²) < 4.78 is 5.16. The lowest BCUT2D eigenvalue weighted by atomic mass is 9.94. The molecule has 1 aromatic carbocycles. The molecule has 31 heavy (non-hydrogen) atoms. The van der Waals surface area contributed by atoms with Crippen LogP contribution in [0.15, 0.2) is 64.5 Å². The third-order valence-corrected chi connectivity index (χ3v) is 5.30. The molecule has 3 N–H and O–H groups in total. The Balaban J connectivity index is 1.91. The molecule has 0 aromatic heterocycles. The van der Waals surface area contributed by atoms with Gasteiger partial charge in [-0.1, -0.05) is 12.2 Å². The molecule has 1 amide bonds. The predicted octanol–water partition coefficient (Wildman–Crippen LogP) is 2.74. The molecule has 1 heterocycles. The first kappa shape index (κ1) is 21.8. The minimum atomic E-state index is -0.299. The van der Waals surface area contributed by atoms with Crippen molar-refractivity contribution in [1.82, 2.24) is 9.80 Å². The van der Waals surface area contributed by atoms with Crippen molar-refractivity contribution in [3.05, 3.63) is 59.5 Å². The molecule has 2 aliphatic rings. The third-order valence-electron chi connectivity index (χ3n) is 5.30. The van der Waals surface area contributed by atoms with E-state index < -0.39 is 0 Å². The van der Waals surface area contributed by atoms with Crippen LogP contribution >= 0.6 is 0 Å². The molecule has 1 saturated heterocycles. The van der Waals surface area contributed by atoms with Crippen molar-refractivity contribution in [2.75, 3.05) is 27.7 Å². The summed E-state index contributed by atoms with van der Waals surface area (Å²) in [5, 5.41) is 17.4. The van der Waals surface area contributed by atoms with Gasteiger partial charge in [0, 0.05) is 37.8 Å². The second kappa shape index (κ2) is 9.30. The molecular weight excluding hydrogens is 392 g/mol. The lowest BCUT2D eigenvalue weighted by molar-refractivity contribution is -0.122. The van der Waals surface area contributed by atoms with Crippen LogP contribution in [0.4, 0.5) is 5.69 Å². The van der Waals surface area contributed by atoms with E-state index in [1.165, 1.54) is 0 Å². The number of hydrogen-bond acceptors (Lipinski definition) is 6. The number of methoxy groups -OCH3 is 1. The van der Waals surface area contributed by atoms with Crippen LogP contribution in [0.5, 0.6) is 5.75 Å². The van der Waals surface area contributed by atoms with Crippen LogP contribution in [0, 0.1) is 22.7 Å². The number of benzene rings is 1. The Kier molecular flexibility index (Phi) is 6.55. The molecule has 8 heteroatoms. The van der Waals surface area contributed by atoms with E-state index in [1.807, 2.05) is 38.4 Å². The average molecular weight is 419 g/mol. The molecule has 0 bridgehead atoms.